The zero-order valence-electron chi connectivity index (χ0n) is 10.3. The number of nitrogens with two attached hydrogens (primary N) is 1. The van der Waals surface area contributed by atoms with E-state index in [-0.39, 0.29) is 11.4 Å². The summed E-state index contributed by atoms with van der Waals surface area (Å²) in [5.41, 5.74) is 5.91. The normalized spacial score (nSPS) is 33.6. The van der Waals surface area contributed by atoms with Gasteiger partial charge in [0.1, 0.15) is 24.1 Å². The van der Waals surface area contributed by atoms with Gasteiger partial charge in [-0.1, -0.05) is 12.1 Å². The average molecular weight is 285 g/mol. The van der Waals surface area contributed by atoms with Crippen LogP contribution in [0, 0.1) is 0 Å². The number of aliphatic hydroxyl groups is 3. The van der Waals surface area contributed by atoms with E-state index in [1.165, 1.54) is 6.07 Å². The Morgan fingerprint density at radius 2 is 1.80 bits per heavy atom. The number of benzene rings is 1. The molecular formula is C12H15NO7. The summed E-state index contributed by atoms with van der Waals surface area (Å²) in [6.07, 6.45) is -8.24. The SMILES string of the molecule is Nc1ccccc1O[C@@H]1O[C@H](C(=O)O)[C@@H](O)[C@H](O)[C@H]1O. The van der Waals surface area contributed by atoms with Gasteiger partial charge < -0.3 is 35.6 Å². The number of aliphatic hydroxyl groups excluding tert-OH is 3. The van der Waals surface area contributed by atoms with Crippen molar-refractivity contribution in [3.8, 4) is 5.75 Å². The summed E-state index contributed by atoms with van der Waals surface area (Å²) in [5.74, 6) is -1.30. The van der Waals surface area contributed by atoms with Crippen molar-refractivity contribution in [1.82, 2.24) is 0 Å². The van der Waals surface area contributed by atoms with Crippen LogP contribution in [0.1, 0.15) is 0 Å². The Balaban J connectivity index is 2.18. The van der Waals surface area contributed by atoms with Crippen molar-refractivity contribution in [3.05, 3.63) is 24.3 Å². The fourth-order valence-corrected chi connectivity index (χ4v) is 1.86. The summed E-state index contributed by atoms with van der Waals surface area (Å²) < 4.78 is 10.2. The first-order valence-corrected chi connectivity index (χ1v) is 5.85. The summed E-state index contributed by atoms with van der Waals surface area (Å²) in [6, 6.07) is 6.34. The molecule has 0 aliphatic carbocycles. The first-order valence-electron chi connectivity index (χ1n) is 5.85. The van der Waals surface area contributed by atoms with Crippen molar-refractivity contribution >= 4 is 11.7 Å². The number of ether oxygens (including phenoxy) is 2. The van der Waals surface area contributed by atoms with Gasteiger partial charge in [-0.2, -0.15) is 0 Å². The molecule has 1 saturated heterocycles. The molecule has 1 aliphatic rings. The van der Waals surface area contributed by atoms with Gasteiger partial charge in [-0.15, -0.1) is 0 Å². The van der Waals surface area contributed by atoms with E-state index in [0.29, 0.717) is 0 Å². The van der Waals surface area contributed by atoms with E-state index in [2.05, 4.69) is 0 Å². The van der Waals surface area contributed by atoms with Crippen LogP contribution in [0.3, 0.4) is 0 Å². The third kappa shape index (κ3) is 2.68. The van der Waals surface area contributed by atoms with Crippen LogP contribution in [0.25, 0.3) is 0 Å². The third-order valence-electron chi connectivity index (χ3n) is 2.98. The molecule has 1 aliphatic heterocycles. The quantitative estimate of drug-likeness (QED) is 0.424. The molecule has 0 unspecified atom stereocenters. The summed E-state index contributed by atoms with van der Waals surface area (Å²) in [4.78, 5) is 10.9. The molecule has 2 rings (SSSR count). The predicted molar refractivity (Wildman–Crippen MR) is 65.8 cm³/mol. The van der Waals surface area contributed by atoms with E-state index in [9.17, 15) is 20.1 Å². The van der Waals surface area contributed by atoms with Gasteiger partial charge in [0.25, 0.3) is 0 Å². The van der Waals surface area contributed by atoms with Crippen molar-refractivity contribution in [3.63, 3.8) is 0 Å². The van der Waals surface area contributed by atoms with E-state index in [1.54, 1.807) is 18.2 Å². The Morgan fingerprint density at radius 3 is 2.40 bits per heavy atom. The van der Waals surface area contributed by atoms with Gasteiger partial charge in [0, 0.05) is 0 Å². The van der Waals surface area contributed by atoms with Gasteiger partial charge in [0.2, 0.25) is 6.29 Å². The number of carboxylic acids is 1. The Hall–Kier alpha value is -1.87. The molecule has 1 aromatic rings. The molecule has 1 aromatic carbocycles. The number of rotatable bonds is 3. The van der Waals surface area contributed by atoms with Crippen molar-refractivity contribution in [2.75, 3.05) is 5.73 Å². The molecule has 0 bridgehead atoms. The molecule has 110 valence electrons. The minimum Gasteiger partial charge on any atom is -0.479 e. The van der Waals surface area contributed by atoms with Crippen LogP contribution < -0.4 is 10.5 Å². The minimum absolute atomic E-state index is 0.171. The average Bonchev–Trinajstić information content (AvgIpc) is 2.41. The zero-order chi connectivity index (χ0) is 14.9. The number of hydrogen-bond acceptors (Lipinski definition) is 7. The van der Waals surface area contributed by atoms with Crippen LogP contribution in [0.2, 0.25) is 0 Å². The van der Waals surface area contributed by atoms with Crippen LogP contribution in [-0.4, -0.2) is 57.1 Å². The number of anilines is 1. The summed E-state index contributed by atoms with van der Waals surface area (Å²) in [6.45, 7) is 0. The van der Waals surface area contributed by atoms with Crippen molar-refractivity contribution in [2.24, 2.45) is 0 Å². The smallest absolute Gasteiger partial charge is 0.335 e. The molecule has 6 N–H and O–H groups in total. The van der Waals surface area contributed by atoms with Crippen LogP contribution >= 0.6 is 0 Å². The second-order valence-corrected chi connectivity index (χ2v) is 4.39. The molecule has 0 amide bonds. The molecular weight excluding hydrogens is 270 g/mol. The highest BCUT2D eigenvalue weighted by atomic mass is 16.7. The Morgan fingerprint density at radius 1 is 1.15 bits per heavy atom. The highest BCUT2D eigenvalue weighted by Gasteiger charge is 2.48. The fourth-order valence-electron chi connectivity index (χ4n) is 1.86. The van der Waals surface area contributed by atoms with Gasteiger partial charge in [-0.25, -0.2) is 4.79 Å². The lowest BCUT2D eigenvalue weighted by Crippen LogP contribution is -2.61. The minimum atomic E-state index is -1.75. The van der Waals surface area contributed by atoms with Crippen LogP contribution in [0.4, 0.5) is 5.69 Å². The Labute approximate surface area is 114 Å². The maximum Gasteiger partial charge on any atom is 0.335 e. The van der Waals surface area contributed by atoms with E-state index >= 15 is 0 Å². The van der Waals surface area contributed by atoms with E-state index in [0.717, 1.165) is 0 Å². The molecule has 5 atom stereocenters. The summed E-state index contributed by atoms with van der Waals surface area (Å²) in [7, 11) is 0. The first kappa shape index (κ1) is 14.5. The summed E-state index contributed by atoms with van der Waals surface area (Å²) >= 11 is 0. The Bertz CT molecular complexity index is 494. The van der Waals surface area contributed by atoms with Crippen LogP contribution in [0.15, 0.2) is 24.3 Å². The van der Waals surface area contributed by atoms with Gasteiger partial charge >= 0.3 is 5.97 Å². The maximum atomic E-state index is 10.9. The number of carboxylic acid groups (broad SMARTS) is 1. The van der Waals surface area contributed by atoms with Gasteiger partial charge in [0.05, 0.1) is 5.69 Å². The topological polar surface area (TPSA) is 142 Å². The lowest BCUT2D eigenvalue weighted by atomic mass is 9.99. The van der Waals surface area contributed by atoms with Crippen molar-refractivity contribution in [1.29, 1.82) is 0 Å². The van der Waals surface area contributed by atoms with Gasteiger partial charge in [0.15, 0.2) is 6.10 Å². The lowest BCUT2D eigenvalue weighted by Gasteiger charge is -2.38. The van der Waals surface area contributed by atoms with E-state index < -0.39 is 36.7 Å². The molecule has 1 fully saturated rings. The molecule has 0 saturated carbocycles. The number of aliphatic carboxylic acids is 1. The lowest BCUT2D eigenvalue weighted by molar-refractivity contribution is -0.271. The second-order valence-electron chi connectivity index (χ2n) is 4.39. The zero-order valence-corrected chi connectivity index (χ0v) is 10.3. The third-order valence-corrected chi connectivity index (χ3v) is 2.98. The van der Waals surface area contributed by atoms with Crippen LogP contribution in [0.5, 0.6) is 5.75 Å². The van der Waals surface area contributed by atoms with Gasteiger partial charge in [-0.05, 0) is 12.1 Å². The predicted octanol–water partition coefficient (Wildman–Crippen LogP) is -1.46. The first-order chi connectivity index (χ1) is 9.41. The van der Waals surface area contributed by atoms with Crippen LogP contribution in [-0.2, 0) is 9.53 Å². The number of para-hydroxylation sites is 2. The highest BCUT2D eigenvalue weighted by Crippen LogP contribution is 2.27. The Kier molecular flexibility index (Phi) is 4.09. The standard InChI is InChI=1S/C12H15NO7/c13-5-3-1-2-4-6(5)19-12-9(16)7(14)8(15)10(20-12)11(17)18/h1-4,7-10,12,14-16H,13H2,(H,17,18)/t7-,8-,9+,10-,12+/m0/s1. The van der Waals surface area contributed by atoms with E-state index in [4.69, 9.17) is 20.3 Å². The van der Waals surface area contributed by atoms with Gasteiger partial charge in [-0.3, -0.25) is 0 Å². The summed E-state index contributed by atoms with van der Waals surface area (Å²) in [5, 5.41) is 37.8. The number of hydrogen-bond donors (Lipinski definition) is 5. The monoisotopic (exact) mass is 285 g/mol. The molecule has 8 nitrogen and oxygen atoms in total. The highest BCUT2D eigenvalue weighted by molar-refractivity contribution is 5.73. The molecule has 0 spiro atoms. The maximum absolute atomic E-state index is 10.9. The molecule has 1 heterocycles. The molecule has 0 aromatic heterocycles. The number of carbonyl (C=O) groups is 1. The molecule has 20 heavy (non-hydrogen) atoms. The molecule has 0 radical (unpaired) electrons. The van der Waals surface area contributed by atoms with E-state index in [1.807, 2.05) is 0 Å². The second kappa shape index (κ2) is 5.63. The fraction of sp³-hybridized carbons (Fsp3) is 0.417. The largest absolute Gasteiger partial charge is 0.479 e. The van der Waals surface area contributed by atoms with Crippen molar-refractivity contribution < 1.29 is 34.7 Å². The number of nitrogen functional groups attached to an aromatic ring is 1. The molecule has 8 heteroatoms. The van der Waals surface area contributed by atoms with Crippen molar-refractivity contribution in [2.45, 2.75) is 30.7 Å².